The summed E-state index contributed by atoms with van der Waals surface area (Å²) in [5, 5.41) is 2.15. The summed E-state index contributed by atoms with van der Waals surface area (Å²) >= 11 is 0. The molecule has 9 heteroatoms. The minimum Gasteiger partial charge on any atom is -0.457 e. The van der Waals surface area contributed by atoms with Crippen LogP contribution in [0.25, 0.3) is 0 Å². The number of alkyl carbamates (subject to hydrolysis) is 1. The van der Waals surface area contributed by atoms with Crippen molar-refractivity contribution in [1.29, 1.82) is 0 Å². The van der Waals surface area contributed by atoms with E-state index in [0.29, 0.717) is 35.5 Å². The van der Waals surface area contributed by atoms with Crippen LogP contribution in [0.4, 0.5) is 4.79 Å². The van der Waals surface area contributed by atoms with Crippen LogP contribution in [0.15, 0.2) is 76.9 Å². The Balaban J connectivity index is 1.58. The maximum Gasteiger partial charge on any atom is 0.415 e. The van der Waals surface area contributed by atoms with E-state index in [1.807, 2.05) is 26.0 Å². The molecule has 0 bridgehead atoms. The van der Waals surface area contributed by atoms with E-state index in [2.05, 4.69) is 5.32 Å². The Morgan fingerprint density at radius 2 is 1.81 bits per heavy atom. The number of amides is 2. The predicted molar refractivity (Wildman–Crippen MR) is 137 cm³/mol. The smallest absolute Gasteiger partial charge is 0.415 e. The fourth-order valence-electron chi connectivity index (χ4n) is 4.51. The number of cyclic esters (lactones) is 1. The topological polar surface area (TPSA) is 116 Å². The van der Waals surface area contributed by atoms with Crippen molar-refractivity contribution in [1.82, 2.24) is 5.32 Å². The van der Waals surface area contributed by atoms with Crippen LogP contribution in [0.1, 0.15) is 56.0 Å². The zero-order valence-corrected chi connectivity index (χ0v) is 22.0. The zero-order chi connectivity index (χ0) is 27.0. The first kappa shape index (κ1) is 26.3. The van der Waals surface area contributed by atoms with Crippen molar-refractivity contribution in [3.05, 3.63) is 83.1 Å². The molecule has 1 heterocycles. The van der Waals surface area contributed by atoms with Gasteiger partial charge in [-0.25, -0.2) is 13.2 Å². The SMILES string of the molecule is CCCC1=CC(C)(C(=O)c2ccc(S(C)(=O)=O)cc2)CC=C1Oc1cccc([C@@]2(C)OC(=O)NC2=O)c1. The van der Waals surface area contributed by atoms with Crippen molar-refractivity contribution in [2.24, 2.45) is 5.41 Å². The van der Waals surface area contributed by atoms with Crippen molar-refractivity contribution in [2.75, 3.05) is 6.26 Å². The van der Waals surface area contributed by atoms with Gasteiger partial charge >= 0.3 is 6.09 Å². The number of ether oxygens (including phenoxy) is 2. The molecule has 2 aromatic carbocycles. The van der Waals surface area contributed by atoms with Crippen LogP contribution in [0, 0.1) is 5.41 Å². The van der Waals surface area contributed by atoms with Crippen molar-refractivity contribution in [3.8, 4) is 5.75 Å². The van der Waals surface area contributed by atoms with Crippen LogP contribution in [0.2, 0.25) is 0 Å². The molecular weight excluding hydrogens is 494 g/mol. The Morgan fingerprint density at radius 3 is 2.41 bits per heavy atom. The van der Waals surface area contributed by atoms with E-state index in [1.54, 1.807) is 36.4 Å². The number of rotatable bonds is 8. The third kappa shape index (κ3) is 5.22. The average Bonchev–Trinajstić information content (AvgIpc) is 3.12. The molecule has 8 nitrogen and oxygen atoms in total. The van der Waals surface area contributed by atoms with Gasteiger partial charge in [-0.15, -0.1) is 0 Å². The van der Waals surface area contributed by atoms with Crippen LogP contribution in [0.3, 0.4) is 0 Å². The van der Waals surface area contributed by atoms with Crippen LogP contribution in [-0.2, 0) is 25.0 Å². The van der Waals surface area contributed by atoms with Crippen molar-refractivity contribution in [2.45, 2.75) is 50.5 Å². The van der Waals surface area contributed by atoms with Crippen LogP contribution in [-0.4, -0.2) is 32.5 Å². The summed E-state index contributed by atoms with van der Waals surface area (Å²) in [4.78, 5) is 37.5. The van der Waals surface area contributed by atoms with E-state index in [9.17, 15) is 22.8 Å². The number of hydrogen-bond acceptors (Lipinski definition) is 7. The number of benzene rings is 2. The molecule has 4 rings (SSSR count). The standard InChI is InChI=1S/C28H29NO7S/c1-5-7-19-17-27(2,24(30)18-10-12-22(13-11-18)37(4,33)34)15-14-23(19)35-21-9-6-8-20(16-21)28(3)25(31)29-26(32)36-28/h6,8-14,16-17H,5,7,15H2,1-4H3,(H,29,31,32)/t27?,28-/m1/s1. The number of imide groups is 1. The fraction of sp³-hybridized carbons (Fsp3) is 0.321. The molecule has 194 valence electrons. The Kier molecular flexibility index (Phi) is 6.85. The molecule has 1 unspecified atom stereocenters. The predicted octanol–water partition coefficient (Wildman–Crippen LogP) is 4.85. The third-order valence-electron chi connectivity index (χ3n) is 6.66. The van der Waals surface area contributed by atoms with Crippen molar-refractivity contribution < 1.29 is 32.3 Å². The van der Waals surface area contributed by atoms with Gasteiger partial charge in [0.15, 0.2) is 15.6 Å². The molecule has 2 aliphatic rings. The largest absolute Gasteiger partial charge is 0.457 e. The lowest BCUT2D eigenvalue weighted by molar-refractivity contribution is -0.130. The average molecular weight is 524 g/mol. The summed E-state index contributed by atoms with van der Waals surface area (Å²) < 4.78 is 35.0. The molecule has 0 aromatic heterocycles. The van der Waals surface area contributed by atoms with Gasteiger partial charge in [0.25, 0.3) is 5.91 Å². The molecule has 1 N–H and O–H groups in total. The molecule has 0 saturated carbocycles. The van der Waals surface area contributed by atoms with E-state index in [1.165, 1.54) is 19.1 Å². The molecular formula is C28H29NO7S. The van der Waals surface area contributed by atoms with E-state index in [4.69, 9.17) is 9.47 Å². The summed E-state index contributed by atoms with van der Waals surface area (Å²) in [7, 11) is -3.35. The summed E-state index contributed by atoms with van der Waals surface area (Å²) in [6.07, 6.45) is 6.04. The van der Waals surface area contributed by atoms with Crippen molar-refractivity contribution in [3.63, 3.8) is 0 Å². The number of hydrogen-bond donors (Lipinski definition) is 1. The van der Waals surface area contributed by atoms with Gasteiger partial charge in [0.05, 0.1) is 10.3 Å². The number of nitrogens with one attached hydrogen (secondary N) is 1. The Morgan fingerprint density at radius 1 is 1.11 bits per heavy atom. The number of sulfone groups is 1. The van der Waals surface area contributed by atoms with Crippen LogP contribution >= 0.6 is 0 Å². The highest BCUT2D eigenvalue weighted by Crippen LogP contribution is 2.39. The minimum absolute atomic E-state index is 0.111. The van der Waals surface area contributed by atoms with Gasteiger partial charge in [-0.05, 0) is 62.6 Å². The molecule has 2 aromatic rings. The zero-order valence-electron chi connectivity index (χ0n) is 21.2. The molecule has 1 aliphatic carbocycles. The van der Waals surface area contributed by atoms with Gasteiger partial charge in [-0.2, -0.15) is 0 Å². The van der Waals surface area contributed by atoms with Gasteiger partial charge in [0.2, 0.25) is 5.60 Å². The second-order valence-corrected chi connectivity index (χ2v) is 11.8. The van der Waals surface area contributed by atoms with E-state index in [-0.39, 0.29) is 10.7 Å². The van der Waals surface area contributed by atoms with Gasteiger partial charge in [0.1, 0.15) is 11.5 Å². The fourth-order valence-corrected chi connectivity index (χ4v) is 5.14. The normalized spacial score (nSPS) is 23.6. The van der Waals surface area contributed by atoms with E-state index < -0.39 is 32.9 Å². The highest BCUT2D eigenvalue weighted by Gasteiger charge is 2.46. The number of Topliss-reactive ketones (excluding diaryl/α,β-unsaturated/α-hetero) is 1. The quantitative estimate of drug-likeness (QED) is 0.492. The van der Waals surface area contributed by atoms with Gasteiger partial charge < -0.3 is 9.47 Å². The first-order valence-electron chi connectivity index (χ1n) is 12.0. The Hall–Kier alpha value is -3.72. The number of carbonyl (C=O) groups is 3. The second kappa shape index (κ2) is 9.63. The molecule has 1 fully saturated rings. The molecule has 2 amide bonds. The molecule has 1 saturated heterocycles. The molecule has 1 aliphatic heterocycles. The first-order chi connectivity index (χ1) is 17.4. The van der Waals surface area contributed by atoms with Gasteiger partial charge in [0, 0.05) is 17.4 Å². The molecule has 0 spiro atoms. The summed E-state index contributed by atoms with van der Waals surface area (Å²) in [6, 6.07) is 12.8. The summed E-state index contributed by atoms with van der Waals surface area (Å²) in [5.41, 5.74) is -0.487. The van der Waals surface area contributed by atoms with E-state index in [0.717, 1.165) is 18.2 Å². The maximum absolute atomic E-state index is 13.4. The van der Waals surface area contributed by atoms with Gasteiger partial charge in [-0.3, -0.25) is 14.9 Å². The first-order valence-corrected chi connectivity index (χ1v) is 13.8. The maximum atomic E-state index is 13.4. The van der Waals surface area contributed by atoms with Crippen LogP contribution in [0.5, 0.6) is 5.75 Å². The summed E-state index contributed by atoms with van der Waals surface area (Å²) in [5.74, 6) is 0.432. The highest BCUT2D eigenvalue weighted by molar-refractivity contribution is 7.90. The Labute approximate surface area is 216 Å². The molecule has 0 radical (unpaired) electrons. The number of ketones is 1. The molecule has 2 atom stereocenters. The van der Waals surface area contributed by atoms with Crippen molar-refractivity contribution >= 4 is 27.6 Å². The lowest BCUT2D eigenvalue weighted by Gasteiger charge is -2.30. The van der Waals surface area contributed by atoms with Crippen LogP contribution < -0.4 is 10.1 Å². The Bertz CT molecular complexity index is 1440. The second-order valence-electron chi connectivity index (χ2n) is 9.74. The number of allylic oxidation sites excluding steroid dienone is 3. The number of carbonyl (C=O) groups excluding carboxylic acids is 3. The minimum atomic E-state index is -3.35. The molecule has 37 heavy (non-hydrogen) atoms. The highest BCUT2D eigenvalue weighted by atomic mass is 32.2. The third-order valence-corrected chi connectivity index (χ3v) is 7.79. The summed E-state index contributed by atoms with van der Waals surface area (Å²) in [6.45, 7) is 5.41. The monoisotopic (exact) mass is 523 g/mol. The lowest BCUT2D eigenvalue weighted by Crippen LogP contribution is -2.33. The van der Waals surface area contributed by atoms with Gasteiger partial charge in [-0.1, -0.05) is 43.7 Å². The lowest BCUT2D eigenvalue weighted by atomic mass is 9.74. The van der Waals surface area contributed by atoms with E-state index >= 15 is 0 Å².